The lowest BCUT2D eigenvalue weighted by molar-refractivity contribution is 0.0525. The molecule has 3 N–H and O–H groups in total. The molecule has 2 amide bonds. The molecule has 3 aromatic rings. The Bertz CT molecular complexity index is 1500. The molecule has 1 fully saturated rings. The second kappa shape index (κ2) is 9.24. The van der Waals surface area contributed by atoms with Crippen LogP contribution in [-0.2, 0) is 0 Å². The predicted octanol–water partition coefficient (Wildman–Crippen LogP) is 4.89. The summed E-state index contributed by atoms with van der Waals surface area (Å²) in [6.07, 6.45) is 0. The molecule has 2 heterocycles. The van der Waals surface area contributed by atoms with Crippen molar-refractivity contribution in [2.24, 2.45) is 0 Å². The largest absolute Gasteiger partial charge is 0.507 e. The number of aromatic hydroxyl groups is 2. The molecule has 0 spiro atoms. The van der Waals surface area contributed by atoms with E-state index in [0.717, 1.165) is 4.90 Å². The number of phenols is 2. The Labute approximate surface area is 215 Å². The van der Waals surface area contributed by atoms with E-state index in [2.05, 4.69) is 5.32 Å². The number of carbonyl (C=O) groups is 2. The van der Waals surface area contributed by atoms with E-state index in [4.69, 9.17) is 16.3 Å². The zero-order valence-electron chi connectivity index (χ0n) is 18.9. The van der Waals surface area contributed by atoms with Crippen molar-refractivity contribution in [3.05, 3.63) is 69.5 Å². The Morgan fingerprint density at radius 2 is 1.29 bits per heavy atom. The highest BCUT2D eigenvalue weighted by atomic mass is 35.5. The van der Waals surface area contributed by atoms with Gasteiger partial charge in [0.25, 0.3) is 11.8 Å². The molecule has 5 rings (SSSR count). The van der Waals surface area contributed by atoms with Crippen LogP contribution >= 0.6 is 11.6 Å². The molecule has 2 aliphatic heterocycles. The van der Waals surface area contributed by atoms with Crippen LogP contribution in [0.1, 0.15) is 20.7 Å². The number of nitrogens with zero attached hydrogens (tertiary/aromatic N) is 2. The average Bonchev–Trinajstić information content (AvgIpc) is 2.90. The molecule has 2 aliphatic rings. The van der Waals surface area contributed by atoms with Crippen LogP contribution in [0.2, 0.25) is 5.02 Å². The van der Waals surface area contributed by atoms with Crippen LogP contribution in [0.4, 0.5) is 33.3 Å². The molecule has 0 aromatic heterocycles. The summed E-state index contributed by atoms with van der Waals surface area (Å²) in [6, 6.07) is 5.32. The second-order valence-corrected chi connectivity index (χ2v) is 8.80. The molecule has 0 atom stereocenters. The Morgan fingerprint density at radius 1 is 0.763 bits per heavy atom. The van der Waals surface area contributed by atoms with Crippen LogP contribution in [0.3, 0.4) is 0 Å². The minimum absolute atomic E-state index is 0.0517. The molecule has 0 bridgehead atoms. The van der Waals surface area contributed by atoms with E-state index in [1.54, 1.807) is 0 Å². The number of nitrogens with one attached hydrogen (secondary N) is 1. The number of benzene rings is 3. The lowest BCUT2D eigenvalue weighted by Crippen LogP contribution is -2.51. The second-order valence-electron chi connectivity index (χ2n) is 8.39. The van der Waals surface area contributed by atoms with E-state index in [1.165, 1.54) is 29.2 Å². The summed E-state index contributed by atoms with van der Waals surface area (Å²) in [5, 5.41) is 23.4. The Morgan fingerprint density at radius 3 is 1.87 bits per heavy atom. The maximum absolute atomic E-state index is 14.1. The van der Waals surface area contributed by atoms with E-state index < -0.39 is 52.2 Å². The van der Waals surface area contributed by atoms with Gasteiger partial charge in [-0.1, -0.05) is 11.6 Å². The molecular formula is C24H15ClF5N3O5. The molecular weight excluding hydrogens is 541 g/mol. The summed E-state index contributed by atoms with van der Waals surface area (Å²) in [7, 11) is 0. The number of amides is 2. The zero-order chi connectivity index (χ0) is 27.5. The molecule has 8 nitrogen and oxygen atoms in total. The lowest BCUT2D eigenvalue weighted by Gasteiger charge is -2.35. The van der Waals surface area contributed by atoms with Gasteiger partial charge in [-0.3, -0.25) is 9.59 Å². The van der Waals surface area contributed by atoms with Gasteiger partial charge < -0.3 is 30.1 Å². The molecule has 198 valence electrons. The molecule has 38 heavy (non-hydrogen) atoms. The van der Waals surface area contributed by atoms with Gasteiger partial charge in [-0.15, -0.1) is 0 Å². The summed E-state index contributed by atoms with van der Waals surface area (Å²) in [5.74, 6) is -14.1. The van der Waals surface area contributed by atoms with Gasteiger partial charge in [0.2, 0.25) is 5.82 Å². The molecule has 0 saturated carbocycles. The fraction of sp³-hybridized carbons (Fsp3) is 0.167. The average molecular weight is 556 g/mol. The maximum Gasteiger partial charge on any atom is 0.261 e. The van der Waals surface area contributed by atoms with Crippen LogP contribution in [0.5, 0.6) is 23.0 Å². The van der Waals surface area contributed by atoms with Crippen molar-refractivity contribution in [1.82, 2.24) is 9.80 Å². The summed E-state index contributed by atoms with van der Waals surface area (Å²) in [5.41, 5.74) is -1.13. The predicted molar refractivity (Wildman–Crippen MR) is 123 cm³/mol. The standard InChI is InChI=1S/C24H15ClF5N3O5/c25-9-7-11-14(8-13(9)35)38-22-10(31-11)1-2-12(34)15(22)23(36)32-3-5-33(6-4-32)24(37)16-17(26)19(28)21(30)20(29)18(16)27/h1-2,7-8,31,34-35H,3-6H2. The van der Waals surface area contributed by atoms with Crippen molar-refractivity contribution >= 4 is 34.8 Å². The van der Waals surface area contributed by atoms with Gasteiger partial charge in [0, 0.05) is 32.2 Å². The normalized spacial score (nSPS) is 14.4. The quantitative estimate of drug-likeness (QED) is 0.141. The van der Waals surface area contributed by atoms with Crippen LogP contribution < -0.4 is 10.1 Å². The first kappa shape index (κ1) is 25.4. The molecule has 1 saturated heterocycles. The highest BCUT2D eigenvalue weighted by Crippen LogP contribution is 2.49. The van der Waals surface area contributed by atoms with Crippen LogP contribution in [0.25, 0.3) is 0 Å². The first-order valence-corrected chi connectivity index (χ1v) is 11.3. The summed E-state index contributed by atoms with van der Waals surface area (Å²) < 4.78 is 74.4. The van der Waals surface area contributed by atoms with Crippen molar-refractivity contribution in [2.45, 2.75) is 0 Å². The number of halogens is 6. The lowest BCUT2D eigenvalue weighted by atomic mass is 10.1. The van der Waals surface area contributed by atoms with E-state index >= 15 is 0 Å². The number of hydrogen-bond acceptors (Lipinski definition) is 6. The molecule has 0 unspecified atom stereocenters. The summed E-state index contributed by atoms with van der Waals surface area (Å²) in [4.78, 5) is 28.0. The van der Waals surface area contributed by atoms with E-state index in [9.17, 15) is 41.8 Å². The van der Waals surface area contributed by atoms with E-state index in [0.29, 0.717) is 11.4 Å². The van der Waals surface area contributed by atoms with Crippen molar-refractivity contribution in [3.63, 3.8) is 0 Å². The van der Waals surface area contributed by atoms with Crippen molar-refractivity contribution in [3.8, 4) is 23.0 Å². The SMILES string of the molecule is O=C(c1c(F)c(F)c(F)c(F)c1F)N1CCN(C(=O)c2c(O)ccc3c2Oc2cc(O)c(Cl)cc2N3)CC1. The monoisotopic (exact) mass is 555 g/mol. The molecule has 0 radical (unpaired) electrons. The van der Waals surface area contributed by atoms with Gasteiger partial charge in [-0.2, -0.15) is 0 Å². The topological polar surface area (TPSA) is 102 Å². The fourth-order valence-electron chi connectivity index (χ4n) is 4.18. The molecule has 14 heteroatoms. The minimum Gasteiger partial charge on any atom is -0.507 e. The van der Waals surface area contributed by atoms with Gasteiger partial charge >= 0.3 is 0 Å². The van der Waals surface area contributed by atoms with Crippen LogP contribution in [0, 0.1) is 29.1 Å². The number of fused-ring (bicyclic) bond motifs is 2. The maximum atomic E-state index is 14.1. The number of carbonyl (C=O) groups excluding carboxylic acids is 2. The number of anilines is 2. The van der Waals surface area contributed by atoms with E-state index in [-0.39, 0.29) is 54.0 Å². The number of hydrogen-bond donors (Lipinski definition) is 3. The number of phenolic OH excluding ortho intramolecular Hbond substituents is 2. The molecule has 0 aliphatic carbocycles. The van der Waals surface area contributed by atoms with Crippen LogP contribution in [-0.4, -0.2) is 58.0 Å². The van der Waals surface area contributed by atoms with Crippen molar-refractivity contribution < 1.29 is 46.5 Å². The first-order valence-electron chi connectivity index (χ1n) is 10.9. The number of ether oxygens (including phenoxy) is 1. The minimum atomic E-state index is -2.38. The third-order valence-electron chi connectivity index (χ3n) is 6.16. The highest BCUT2D eigenvalue weighted by Gasteiger charge is 2.35. The summed E-state index contributed by atoms with van der Waals surface area (Å²) >= 11 is 5.92. The van der Waals surface area contributed by atoms with Gasteiger partial charge in [-0.05, 0) is 18.2 Å². The Balaban J connectivity index is 1.37. The van der Waals surface area contributed by atoms with Gasteiger partial charge in [0.05, 0.1) is 16.4 Å². The van der Waals surface area contributed by atoms with E-state index in [1.807, 2.05) is 0 Å². The van der Waals surface area contributed by atoms with Crippen molar-refractivity contribution in [2.75, 3.05) is 31.5 Å². The van der Waals surface area contributed by atoms with Crippen LogP contribution in [0.15, 0.2) is 24.3 Å². The smallest absolute Gasteiger partial charge is 0.261 e. The fourth-order valence-corrected chi connectivity index (χ4v) is 4.35. The molecule has 3 aromatic carbocycles. The van der Waals surface area contributed by atoms with Gasteiger partial charge in [0.15, 0.2) is 34.8 Å². The number of rotatable bonds is 2. The Kier molecular flexibility index (Phi) is 6.18. The number of piperazine rings is 1. The Hall–Kier alpha value is -4.26. The third kappa shape index (κ3) is 3.99. The third-order valence-corrected chi connectivity index (χ3v) is 6.46. The zero-order valence-corrected chi connectivity index (χ0v) is 19.7. The first-order chi connectivity index (χ1) is 18.0. The van der Waals surface area contributed by atoms with Crippen molar-refractivity contribution in [1.29, 1.82) is 0 Å². The van der Waals surface area contributed by atoms with Gasteiger partial charge in [-0.25, -0.2) is 22.0 Å². The summed E-state index contributed by atoms with van der Waals surface area (Å²) in [6.45, 7) is -0.977. The highest BCUT2D eigenvalue weighted by molar-refractivity contribution is 6.32. The van der Waals surface area contributed by atoms with Gasteiger partial charge in [0.1, 0.15) is 22.6 Å².